The lowest BCUT2D eigenvalue weighted by atomic mass is 10.1. The Morgan fingerprint density at radius 3 is 2.63 bits per heavy atom. The fourth-order valence-corrected chi connectivity index (χ4v) is 2.63. The van der Waals surface area contributed by atoms with Crippen molar-refractivity contribution in [3.05, 3.63) is 59.9 Å². The number of guanidine groups is 1. The maximum Gasteiger partial charge on any atom is 0.191 e. The van der Waals surface area contributed by atoms with E-state index in [9.17, 15) is 0 Å². The molecule has 0 bridgehead atoms. The average molecular weight is 483 g/mol. The molecule has 27 heavy (non-hydrogen) atoms. The summed E-state index contributed by atoms with van der Waals surface area (Å²) in [7, 11) is 5.84. The molecule has 2 rings (SSSR count). The summed E-state index contributed by atoms with van der Waals surface area (Å²) in [5.41, 5.74) is 2.14. The van der Waals surface area contributed by atoms with Crippen LogP contribution >= 0.6 is 24.0 Å². The molecule has 0 saturated carbocycles. The number of aromatic nitrogens is 1. The van der Waals surface area contributed by atoms with Crippen LogP contribution in [0.5, 0.6) is 5.75 Å². The van der Waals surface area contributed by atoms with Crippen molar-refractivity contribution >= 4 is 29.9 Å². The maximum atomic E-state index is 5.35. The van der Waals surface area contributed by atoms with Crippen molar-refractivity contribution in [2.75, 3.05) is 34.3 Å². The fraction of sp³-hybridized carbons (Fsp3) is 0.400. The minimum absolute atomic E-state index is 0. The van der Waals surface area contributed by atoms with Crippen molar-refractivity contribution in [1.82, 2.24) is 20.5 Å². The summed E-state index contributed by atoms with van der Waals surface area (Å²) in [6, 6.07) is 14.2. The van der Waals surface area contributed by atoms with E-state index >= 15 is 0 Å². The van der Waals surface area contributed by atoms with Gasteiger partial charge in [0, 0.05) is 19.3 Å². The topological polar surface area (TPSA) is 61.8 Å². The van der Waals surface area contributed by atoms with Crippen LogP contribution in [0.2, 0.25) is 0 Å². The molecule has 2 aromatic rings. The number of methoxy groups -OCH3 is 1. The Labute approximate surface area is 179 Å². The molecule has 0 aliphatic heterocycles. The van der Waals surface area contributed by atoms with Crippen molar-refractivity contribution in [3.63, 3.8) is 0 Å². The first-order chi connectivity index (χ1) is 12.6. The number of ether oxygens (including phenoxy) is 1. The zero-order valence-corrected chi connectivity index (χ0v) is 18.8. The number of nitrogens with zero attached hydrogens (tertiary/aromatic N) is 3. The van der Waals surface area contributed by atoms with Gasteiger partial charge in [-0.1, -0.05) is 18.2 Å². The highest BCUT2D eigenvalue weighted by atomic mass is 127. The Kier molecular flexibility index (Phi) is 10.7. The number of hydrogen-bond donors (Lipinski definition) is 2. The van der Waals surface area contributed by atoms with Crippen molar-refractivity contribution in [1.29, 1.82) is 0 Å². The molecule has 7 heteroatoms. The van der Waals surface area contributed by atoms with Gasteiger partial charge in [0.15, 0.2) is 5.96 Å². The highest BCUT2D eigenvalue weighted by molar-refractivity contribution is 14.0. The zero-order chi connectivity index (χ0) is 18.8. The SMILES string of the molecule is CCNC(=NCc1ccccn1)NCC(c1cccc(OC)c1)N(C)C.I. The van der Waals surface area contributed by atoms with Gasteiger partial charge in [-0.25, -0.2) is 4.99 Å². The molecule has 6 nitrogen and oxygen atoms in total. The van der Waals surface area contributed by atoms with Gasteiger partial charge in [0.2, 0.25) is 0 Å². The Balaban J connectivity index is 0.00000364. The lowest BCUT2D eigenvalue weighted by molar-refractivity contribution is 0.297. The van der Waals surface area contributed by atoms with Gasteiger partial charge in [-0.05, 0) is 50.8 Å². The second-order valence-electron chi connectivity index (χ2n) is 6.15. The molecule has 1 aromatic carbocycles. The second kappa shape index (κ2) is 12.5. The number of rotatable bonds is 8. The fourth-order valence-electron chi connectivity index (χ4n) is 2.63. The normalized spacial score (nSPS) is 12.3. The molecule has 2 N–H and O–H groups in total. The molecular formula is C20H30IN5O. The van der Waals surface area contributed by atoms with Crippen molar-refractivity contribution in [2.45, 2.75) is 19.5 Å². The lowest BCUT2D eigenvalue weighted by Gasteiger charge is -2.26. The van der Waals surface area contributed by atoms with Crippen LogP contribution in [0.4, 0.5) is 0 Å². The van der Waals surface area contributed by atoms with E-state index in [4.69, 9.17) is 4.74 Å². The standard InChI is InChI=1S/C20H29N5O.HI/c1-5-21-20(23-14-17-10-6-7-12-22-17)24-15-19(25(2)3)16-9-8-11-18(13-16)26-4;/h6-13,19H,5,14-15H2,1-4H3,(H2,21,23,24);1H. The van der Waals surface area contributed by atoms with Gasteiger partial charge < -0.3 is 20.3 Å². The van der Waals surface area contributed by atoms with Gasteiger partial charge in [-0.2, -0.15) is 0 Å². The quantitative estimate of drug-likeness (QED) is 0.344. The monoisotopic (exact) mass is 483 g/mol. The van der Waals surface area contributed by atoms with E-state index in [-0.39, 0.29) is 30.0 Å². The molecule has 0 amide bonds. The van der Waals surface area contributed by atoms with E-state index in [1.807, 2.05) is 30.3 Å². The average Bonchev–Trinajstić information content (AvgIpc) is 2.67. The first-order valence-corrected chi connectivity index (χ1v) is 8.86. The summed E-state index contributed by atoms with van der Waals surface area (Å²) < 4.78 is 5.35. The summed E-state index contributed by atoms with van der Waals surface area (Å²) in [5.74, 6) is 1.65. The van der Waals surface area contributed by atoms with Crippen LogP contribution in [0.15, 0.2) is 53.7 Å². The third kappa shape index (κ3) is 7.72. The molecule has 1 atom stereocenters. The van der Waals surface area contributed by atoms with Crippen LogP contribution in [-0.2, 0) is 6.54 Å². The van der Waals surface area contributed by atoms with E-state index < -0.39 is 0 Å². The number of halogens is 1. The van der Waals surface area contributed by atoms with Gasteiger partial charge >= 0.3 is 0 Å². The third-order valence-electron chi connectivity index (χ3n) is 4.03. The highest BCUT2D eigenvalue weighted by Crippen LogP contribution is 2.22. The van der Waals surface area contributed by atoms with Gasteiger partial charge in [-0.15, -0.1) is 24.0 Å². The predicted molar refractivity (Wildman–Crippen MR) is 122 cm³/mol. The molecule has 0 radical (unpaired) electrons. The number of aliphatic imine (C=N–C) groups is 1. The van der Waals surface area contributed by atoms with Gasteiger partial charge in [0.25, 0.3) is 0 Å². The molecule has 1 heterocycles. The molecule has 0 aliphatic carbocycles. The number of likely N-dealkylation sites (N-methyl/N-ethyl adjacent to an activating group) is 1. The molecule has 148 valence electrons. The second-order valence-corrected chi connectivity index (χ2v) is 6.15. The Morgan fingerprint density at radius 1 is 1.19 bits per heavy atom. The molecule has 0 fully saturated rings. The molecule has 1 aromatic heterocycles. The Hall–Kier alpha value is -1.87. The van der Waals surface area contributed by atoms with E-state index in [1.54, 1.807) is 13.3 Å². The summed E-state index contributed by atoms with van der Waals surface area (Å²) in [6.45, 7) is 4.14. The van der Waals surface area contributed by atoms with Crippen LogP contribution < -0.4 is 15.4 Å². The molecule has 0 aliphatic rings. The first-order valence-electron chi connectivity index (χ1n) is 8.86. The van der Waals surface area contributed by atoms with E-state index in [0.717, 1.165) is 30.5 Å². The minimum atomic E-state index is 0. The maximum absolute atomic E-state index is 5.35. The molecule has 1 unspecified atom stereocenters. The van der Waals surface area contributed by atoms with Crippen LogP contribution in [0.1, 0.15) is 24.2 Å². The van der Waals surface area contributed by atoms with E-state index in [1.165, 1.54) is 5.56 Å². The third-order valence-corrected chi connectivity index (χ3v) is 4.03. The van der Waals surface area contributed by atoms with Crippen molar-refractivity contribution in [2.24, 2.45) is 4.99 Å². The Morgan fingerprint density at radius 2 is 2.00 bits per heavy atom. The van der Waals surface area contributed by atoms with Crippen LogP contribution in [0.25, 0.3) is 0 Å². The lowest BCUT2D eigenvalue weighted by Crippen LogP contribution is -2.41. The van der Waals surface area contributed by atoms with Crippen molar-refractivity contribution < 1.29 is 4.74 Å². The summed E-state index contributed by atoms with van der Waals surface area (Å²) in [5, 5.41) is 6.73. The molecule has 0 saturated heterocycles. The van der Waals surface area contributed by atoms with Crippen LogP contribution in [0, 0.1) is 0 Å². The number of nitrogens with one attached hydrogen (secondary N) is 2. The van der Waals surface area contributed by atoms with Gasteiger partial charge in [-0.3, -0.25) is 4.98 Å². The van der Waals surface area contributed by atoms with Crippen LogP contribution in [0.3, 0.4) is 0 Å². The smallest absolute Gasteiger partial charge is 0.191 e. The highest BCUT2D eigenvalue weighted by Gasteiger charge is 2.15. The molecular weight excluding hydrogens is 453 g/mol. The van der Waals surface area contributed by atoms with Crippen molar-refractivity contribution in [3.8, 4) is 5.75 Å². The predicted octanol–water partition coefficient (Wildman–Crippen LogP) is 3.07. The summed E-state index contributed by atoms with van der Waals surface area (Å²) in [4.78, 5) is 11.1. The molecule has 0 spiro atoms. The Bertz CT molecular complexity index is 694. The zero-order valence-electron chi connectivity index (χ0n) is 16.5. The van der Waals surface area contributed by atoms with Gasteiger partial charge in [0.05, 0.1) is 25.4 Å². The number of benzene rings is 1. The van der Waals surface area contributed by atoms with E-state index in [2.05, 4.69) is 58.7 Å². The number of pyridine rings is 1. The largest absolute Gasteiger partial charge is 0.497 e. The summed E-state index contributed by atoms with van der Waals surface area (Å²) >= 11 is 0. The van der Waals surface area contributed by atoms with Crippen LogP contribution in [-0.4, -0.2) is 50.1 Å². The first kappa shape index (κ1) is 23.2. The van der Waals surface area contributed by atoms with E-state index in [0.29, 0.717) is 6.54 Å². The van der Waals surface area contributed by atoms with Gasteiger partial charge in [0.1, 0.15) is 5.75 Å². The minimum Gasteiger partial charge on any atom is -0.497 e. The number of hydrogen-bond acceptors (Lipinski definition) is 4. The summed E-state index contributed by atoms with van der Waals surface area (Å²) in [6.07, 6.45) is 1.79.